The fourth-order valence-electron chi connectivity index (χ4n) is 2.08. The van der Waals surface area contributed by atoms with Crippen LogP contribution >= 0.6 is 11.3 Å². The smallest absolute Gasteiger partial charge is 0.337 e. The van der Waals surface area contributed by atoms with Crippen LogP contribution in [0.15, 0.2) is 35.7 Å². The molecule has 0 aliphatic heterocycles. The number of carbonyl (C=O) groups excluding carboxylic acids is 3. The van der Waals surface area contributed by atoms with Crippen LogP contribution in [0, 0.1) is 6.92 Å². The van der Waals surface area contributed by atoms with Gasteiger partial charge in [0.05, 0.1) is 12.7 Å². The SMILES string of the molecule is COC(=O)c1ccc(NC(=O)C(=O)NCC(O)c2sccc2C)cc1. The van der Waals surface area contributed by atoms with Gasteiger partial charge < -0.3 is 20.5 Å². The number of thiophene rings is 1. The Kier molecular flexibility index (Phi) is 6.26. The summed E-state index contributed by atoms with van der Waals surface area (Å²) < 4.78 is 4.58. The Morgan fingerprint density at radius 1 is 1.16 bits per heavy atom. The number of hydrogen-bond donors (Lipinski definition) is 3. The van der Waals surface area contributed by atoms with Crippen LogP contribution in [0.2, 0.25) is 0 Å². The van der Waals surface area contributed by atoms with Gasteiger partial charge in [0, 0.05) is 17.1 Å². The second-order valence-electron chi connectivity index (χ2n) is 5.22. The first-order valence-electron chi connectivity index (χ1n) is 7.42. The molecular weight excluding hydrogens is 344 g/mol. The minimum atomic E-state index is -0.865. The third kappa shape index (κ3) is 4.88. The number of esters is 1. The van der Waals surface area contributed by atoms with E-state index in [9.17, 15) is 19.5 Å². The number of hydrogen-bond acceptors (Lipinski definition) is 6. The normalized spacial score (nSPS) is 11.5. The van der Waals surface area contributed by atoms with Crippen molar-refractivity contribution >= 4 is 34.8 Å². The molecule has 0 aliphatic carbocycles. The van der Waals surface area contributed by atoms with Gasteiger partial charge >= 0.3 is 17.8 Å². The van der Waals surface area contributed by atoms with Gasteiger partial charge in [-0.05, 0) is 48.2 Å². The predicted octanol–water partition coefficient (Wildman–Crippen LogP) is 1.63. The number of methoxy groups -OCH3 is 1. The van der Waals surface area contributed by atoms with Crippen LogP contribution < -0.4 is 10.6 Å². The van der Waals surface area contributed by atoms with Crippen LogP contribution in [0.25, 0.3) is 0 Å². The maximum absolute atomic E-state index is 11.9. The number of aliphatic hydroxyl groups is 1. The van der Waals surface area contributed by atoms with Crippen LogP contribution in [-0.4, -0.2) is 36.5 Å². The van der Waals surface area contributed by atoms with E-state index in [1.807, 2.05) is 18.4 Å². The van der Waals surface area contributed by atoms with E-state index in [-0.39, 0.29) is 6.54 Å². The van der Waals surface area contributed by atoms with Crippen molar-refractivity contribution in [1.82, 2.24) is 5.32 Å². The van der Waals surface area contributed by atoms with E-state index in [0.717, 1.165) is 10.4 Å². The van der Waals surface area contributed by atoms with Crippen LogP contribution in [0.4, 0.5) is 5.69 Å². The molecule has 1 aromatic carbocycles. The molecule has 8 heteroatoms. The summed E-state index contributed by atoms with van der Waals surface area (Å²) in [5.41, 5.74) is 1.63. The van der Waals surface area contributed by atoms with Gasteiger partial charge in [-0.1, -0.05) is 0 Å². The highest BCUT2D eigenvalue weighted by molar-refractivity contribution is 7.10. The molecule has 2 aromatic rings. The molecular formula is C17H18N2O5S. The fourth-order valence-corrected chi connectivity index (χ4v) is 3.00. The summed E-state index contributed by atoms with van der Waals surface area (Å²) in [5, 5.41) is 16.7. The number of nitrogens with one attached hydrogen (secondary N) is 2. The van der Waals surface area contributed by atoms with E-state index >= 15 is 0 Å². The lowest BCUT2D eigenvalue weighted by Crippen LogP contribution is -2.37. The molecule has 132 valence electrons. The highest BCUT2D eigenvalue weighted by Gasteiger charge is 2.17. The highest BCUT2D eigenvalue weighted by atomic mass is 32.1. The van der Waals surface area contributed by atoms with E-state index in [1.165, 1.54) is 42.7 Å². The van der Waals surface area contributed by atoms with Crippen molar-refractivity contribution in [3.8, 4) is 0 Å². The summed E-state index contributed by atoms with van der Waals surface area (Å²) >= 11 is 1.39. The molecule has 0 bridgehead atoms. The van der Waals surface area contributed by atoms with Crippen LogP contribution in [0.1, 0.15) is 26.9 Å². The second-order valence-corrected chi connectivity index (χ2v) is 6.16. The van der Waals surface area contributed by atoms with Crippen molar-refractivity contribution in [2.45, 2.75) is 13.0 Å². The Bertz CT molecular complexity index is 770. The third-order valence-electron chi connectivity index (χ3n) is 3.43. The Hall–Kier alpha value is -2.71. The van der Waals surface area contributed by atoms with Crippen molar-refractivity contribution in [3.63, 3.8) is 0 Å². The number of anilines is 1. The Balaban J connectivity index is 1.87. The third-order valence-corrected chi connectivity index (χ3v) is 4.55. The van der Waals surface area contributed by atoms with Gasteiger partial charge in [0.2, 0.25) is 0 Å². The molecule has 0 fully saturated rings. The van der Waals surface area contributed by atoms with Gasteiger partial charge in [-0.25, -0.2) is 4.79 Å². The average Bonchev–Trinajstić information content (AvgIpc) is 3.05. The van der Waals surface area contributed by atoms with Gasteiger partial charge in [-0.3, -0.25) is 9.59 Å². The largest absolute Gasteiger partial charge is 0.465 e. The zero-order chi connectivity index (χ0) is 18.4. The molecule has 1 heterocycles. The molecule has 3 N–H and O–H groups in total. The number of aryl methyl sites for hydroxylation is 1. The fraction of sp³-hybridized carbons (Fsp3) is 0.235. The van der Waals surface area contributed by atoms with Crippen molar-refractivity contribution in [2.75, 3.05) is 19.0 Å². The molecule has 2 rings (SSSR count). The monoisotopic (exact) mass is 362 g/mol. The Morgan fingerprint density at radius 2 is 1.84 bits per heavy atom. The summed E-state index contributed by atoms with van der Waals surface area (Å²) in [4.78, 5) is 35.8. The Morgan fingerprint density at radius 3 is 2.40 bits per heavy atom. The first-order valence-corrected chi connectivity index (χ1v) is 8.30. The standard InChI is InChI=1S/C17H18N2O5S/c1-10-7-8-25-14(10)13(20)9-18-15(21)16(22)19-12-5-3-11(4-6-12)17(23)24-2/h3-8,13,20H,9H2,1-2H3,(H,18,21)(H,19,22). The van der Waals surface area contributed by atoms with E-state index < -0.39 is 23.9 Å². The molecule has 1 atom stereocenters. The average molecular weight is 362 g/mol. The maximum atomic E-state index is 11.9. The van der Waals surface area contributed by atoms with Gasteiger partial charge in [0.15, 0.2) is 0 Å². The molecule has 0 saturated carbocycles. The number of ether oxygens (including phenoxy) is 1. The number of benzene rings is 1. The van der Waals surface area contributed by atoms with Gasteiger partial charge in [0.25, 0.3) is 0 Å². The van der Waals surface area contributed by atoms with Crippen LogP contribution in [-0.2, 0) is 14.3 Å². The van der Waals surface area contributed by atoms with E-state index in [4.69, 9.17) is 0 Å². The summed E-state index contributed by atoms with van der Waals surface area (Å²) in [6, 6.07) is 7.80. The molecule has 1 unspecified atom stereocenters. The van der Waals surface area contributed by atoms with E-state index in [0.29, 0.717) is 11.3 Å². The molecule has 0 spiro atoms. The molecule has 0 aliphatic rings. The second kappa shape index (κ2) is 8.41. The maximum Gasteiger partial charge on any atom is 0.337 e. The van der Waals surface area contributed by atoms with Crippen molar-refractivity contribution in [1.29, 1.82) is 0 Å². The molecule has 7 nitrogen and oxygen atoms in total. The minimum Gasteiger partial charge on any atom is -0.465 e. The van der Waals surface area contributed by atoms with Crippen LogP contribution in [0.3, 0.4) is 0 Å². The van der Waals surface area contributed by atoms with Crippen molar-refractivity contribution < 1.29 is 24.2 Å². The van der Waals surface area contributed by atoms with E-state index in [1.54, 1.807) is 0 Å². The molecule has 0 radical (unpaired) electrons. The lowest BCUT2D eigenvalue weighted by molar-refractivity contribution is -0.136. The topological polar surface area (TPSA) is 105 Å². The minimum absolute atomic E-state index is 0.0606. The number of aliphatic hydroxyl groups excluding tert-OH is 1. The van der Waals surface area contributed by atoms with Gasteiger partial charge in [-0.15, -0.1) is 11.3 Å². The number of rotatable bonds is 5. The molecule has 0 saturated heterocycles. The lowest BCUT2D eigenvalue weighted by Gasteiger charge is -2.11. The highest BCUT2D eigenvalue weighted by Crippen LogP contribution is 2.23. The van der Waals surface area contributed by atoms with Gasteiger partial charge in [-0.2, -0.15) is 0 Å². The zero-order valence-electron chi connectivity index (χ0n) is 13.7. The summed E-state index contributed by atoms with van der Waals surface area (Å²) in [7, 11) is 1.27. The first-order chi connectivity index (χ1) is 11.9. The molecule has 25 heavy (non-hydrogen) atoms. The quantitative estimate of drug-likeness (QED) is 0.554. The van der Waals surface area contributed by atoms with Crippen LogP contribution in [0.5, 0.6) is 0 Å². The zero-order valence-corrected chi connectivity index (χ0v) is 14.6. The van der Waals surface area contributed by atoms with Gasteiger partial charge in [0.1, 0.15) is 6.10 Å². The first kappa shape index (κ1) is 18.6. The molecule has 2 amide bonds. The number of carbonyl (C=O) groups is 3. The summed E-state index contributed by atoms with van der Waals surface area (Å²) in [5.74, 6) is -2.21. The number of amides is 2. The van der Waals surface area contributed by atoms with Crippen molar-refractivity contribution in [3.05, 3.63) is 51.7 Å². The van der Waals surface area contributed by atoms with Crippen molar-refractivity contribution in [2.24, 2.45) is 0 Å². The van der Waals surface area contributed by atoms with E-state index in [2.05, 4.69) is 15.4 Å². The lowest BCUT2D eigenvalue weighted by atomic mass is 10.2. The summed E-state index contributed by atoms with van der Waals surface area (Å²) in [6.45, 7) is 1.80. The summed E-state index contributed by atoms with van der Waals surface area (Å²) in [6.07, 6.45) is -0.865. The Labute approximate surface area is 148 Å². The molecule has 1 aromatic heterocycles. The predicted molar refractivity (Wildman–Crippen MR) is 93.4 cm³/mol.